The Hall–Kier alpha value is -4.11. The first kappa shape index (κ1) is 30.8. The van der Waals surface area contributed by atoms with Crippen molar-refractivity contribution < 1.29 is 9.18 Å². The summed E-state index contributed by atoms with van der Waals surface area (Å²) in [4.78, 5) is 44.0. The molecule has 2 atom stereocenters. The first-order chi connectivity index (χ1) is 19.9. The molecule has 1 aliphatic heterocycles. The number of rotatable bonds is 7. The number of nitrogens with zero attached hydrogens (tertiary/aromatic N) is 6. The Morgan fingerprint density at radius 1 is 1.19 bits per heavy atom. The number of halogens is 2. The van der Waals surface area contributed by atoms with Gasteiger partial charge in [-0.2, -0.15) is 4.98 Å². The zero-order valence-corrected chi connectivity index (χ0v) is 25.6. The molecule has 2 aromatic heterocycles. The molecule has 0 bridgehead atoms. The average molecular weight is 591 g/mol. The third-order valence-corrected chi connectivity index (χ3v) is 7.92. The highest BCUT2D eigenvalue weighted by Crippen LogP contribution is 2.37. The van der Waals surface area contributed by atoms with Crippen LogP contribution in [0.3, 0.4) is 0 Å². The fourth-order valence-corrected chi connectivity index (χ4v) is 5.63. The molecule has 220 valence electrons. The number of hydrogen-bond donors (Lipinski definition) is 0. The summed E-state index contributed by atoms with van der Waals surface area (Å²) >= 11 is 6.79. The lowest BCUT2D eigenvalue weighted by Gasteiger charge is -2.44. The maximum absolute atomic E-state index is 15.0. The minimum Gasteiger partial charge on any atom is -0.349 e. The predicted molar refractivity (Wildman–Crippen MR) is 169 cm³/mol. The van der Waals surface area contributed by atoms with Crippen molar-refractivity contribution in [3.63, 3.8) is 0 Å². The summed E-state index contributed by atoms with van der Waals surface area (Å²) < 4.78 is 16.4. The van der Waals surface area contributed by atoms with Crippen molar-refractivity contribution in [2.24, 2.45) is 10.9 Å². The van der Waals surface area contributed by atoms with Gasteiger partial charge in [-0.25, -0.2) is 18.7 Å². The molecule has 1 amide bonds. The number of hydrogen-bond acceptors (Lipinski definition) is 6. The summed E-state index contributed by atoms with van der Waals surface area (Å²) in [5.74, 6) is -0.336. The van der Waals surface area contributed by atoms with Crippen LogP contribution in [-0.4, -0.2) is 57.2 Å². The van der Waals surface area contributed by atoms with Gasteiger partial charge < -0.3 is 9.80 Å². The number of benzene rings is 1. The van der Waals surface area contributed by atoms with Crippen molar-refractivity contribution in [3.05, 3.63) is 81.7 Å². The van der Waals surface area contributed by atoms with Crippen molar-refractivity contribution in [1.29, 1.82) is 0 Å². The number of piperazine rings is 1. The molecule has 0 aliphatic carbocycles. The minimum atomic E-state index is -0.575. The van der Waals surface area contributed by atoms with E-state index in [-0.39, 0.29) is 45.8 Å². The number of aliphatic imine (C=N–C) groups is 1. The highest BCUT2D eigenvalue weighted by Gasteiger charge is 2.34. The Morgan fingerprint density at radius 3 is 2.48 bits per heavy atom. The van der Waals surface area contributed by atoms with Gasteiger partial charge in [0.05, 0.1) is 27.5 Å². The molecule has 1 saturated heterocycles. The van der Waals surface area contributed by atoms with Gasteiger partial charge in [-0.3, -0.25) is 9.79 Å². The molecule has 0 unspecified atom stereocenters. The predicted octanol–water partition coefficient (Wildman–Crippen LogP) is 6.35. The van der Waals surface area contributed by atoms with E-state index in [9.17, 15) is 14.0 Å². The van der Waals surface area contributed by atoms with Gasteiger partial charge in [0, 0.05) is 30.7 Å². The molecule has 3 heterocycles. The van der Waals surface area contributed by atoms with Gasteiger partial charge in [-0.05, 0) is 70.2 Å². The molecule has 0 spiro atoms. The van der Waals surface area contributed by atoms with Crippen LogP contribution in [-0.2, 0) is 4.79 Å². The Labute approximate surface area is 250 Å². The summed E-state index contributed by atoms with van der Waals surface area (Å²) in [5, 5.41) is 0.719. The molecule has 0 N–H and O–H groups in total. The van der Waals surface area contributed by atoms with Crippen LogP contribution in [0.4, 0.5) is 10.2 Å². The zero-order chi connectivity index (χ0) is 30.9. The molecule has 0 saturated carbocycles. The molecule has 10 heteroatoms. The topological polar surface area (TPSA) is 83.7 Å². The lowest BCUT2D eigenvalue weighted by Crippen LogP contribution is -2.58. The first-order valence-corrected chi connectivity index (χ1v) is 14.2. The van der Waals surface area contributed by atoms with E-state index < -0.39 is 11.5 Å². The molecule has 4 rings (SSSR count). The van der Waals surface area contributed by atoms with Crippen molar-refractivity contribution in [2.75, 3.05) is 18.0 Å². The van der Waals surface area contributed by atoms with Crippen molar-refractivity contribution in [3.8, 4) is 11.3 Å². The largest absolute Gasteiger partial charge is 0.355 e. The van der Waals surface area contributed by atoms with E-state index in [0.717, 1.165) is 5.57 Å². The second-order valence-electron chi connectivity index (χ2n) is 10.8. The Bertz CT molecular complexity index is 1690. The van der Waals surface area contributed by atoms with E-state index in [1.807, 2.05) is 52.5 Å². The molecule has 1 aliphatic rings. The van der Waals surface area contributed by atoms with E-state index in [0.29, 0.717) is 35.7 Å². The Kier molecular flexibility index (Phi) is 9.11. The van der Waals surface area contributed by atoms with Crippen molar-refractivity contribution in [2.45, 2.75) is 53.6 Å². The first-order valence-electron chi connectivity index (χ1n) is 13.9. The summed E-state index contributed by atoms with van der Waals surface area (Å²) in [6.07, 6.45) is 3.18. The van der Waals surface area contributed by atoms with Crippen LogP contribution in [0.1, 0.15) is 41.5 Å². The van der Waals surface area contributed by atoms with Crippen LogP contribution in [0.15, 0.2) is 70.1 Å². The van der Waals surface area contributed by atoms with Gasteiger partial charge in [0.2, 0.25) is 5.91 Å². The third-order valence-electron chi connectivity index (χ3n) is 7.64. The van der Waals surface area contributed by atoms with E-state index in [1.54, 1.807) is 29.2 Å². The quantitative estimate of drug-likeness (QED) is 0.182. The number of amides is 1. The van der Waals surface area contributed by atoms with Crippen LogP contribution in [0, 0.1) is 11.7 Å². The van der Waals surface area contributed by atoms with Gasteiger partial charge in [-0.1, -0.05) is 50.2 Å². The van der Waals surface area contributed by atoms with Crippen LogP contribution in [0.2, 0.25) is 5.02 Å². The summed E-state index contributed by atoms with van der Waals surface area (Å²) in [6.45, 7) is 19.8. The number of carbonyl (C=O) groups is 1. The van der Waals surface area contributed by atoms with Crippen molar-refractivity contribution >= 4 is 46.8 Å². The van der Waals surface area contributed by atoms with E-state index in [1.165, 1.54) is 16.7 Å². The maximum Gasteiger partial charge on any atom is 0.355 e. The second kappa shape index (κ2) is 12.4. The molecule has 1 fully saturated rings. The minimum absolute atomic E-state index is 0.0799. The fourth-order valence-electron chi connectivity index (χ4n) is 5.37. The number of aromatic nitrogens is 3. The zero-order valence-electron chi connectivity index (χ0n) is 24.9. The lowest BCUT2D eigenvalue weighted by molar-refractivity contribution is -0.128. The Morgan fingerprint density at radius 2 is 1.88 bits per heavy atom. The third kappa shape index (κ3) is 5.53. The molecule has 1 aromatic carbocycles. The molecule has 42 heavy (non-hydrogen) atoms. The smallest absolute Gasteiger partial charge is 0.349 e. The van der Waals surface area contributed by atoms with Gasteiger partial charge in [0.25, 0.3) is 0 Å². The molecular weight excluding hydrogens is 555 g/mol. The van der Waals surface area contributed by atoms with E-state index in [2.05, 4.69) is 23.3 Å². The van der Waals surface area contributed by atoms with Gasteiger partial charge in [0.1, 0.15) is 11.6 Å². The van der Waals surface area contributed by atoms with Crippen LogP contribution >= 0.6 is 11.6 Å². The number of pyridine rings is 1. The summed E-state index contributed by atoms with van der Waals surface area (Å²) in [5.41, 5.74) is 1.96. The SMILES string of the molecule is C=CC(=O)N1C[C@H](C)N(c2nc(=O)n(C(/C(C)=C\C)=C(/N=C)C(C)C)c3nc(-c4ccccc4F)c(Cl)cc23)C[C@H]1C. The van der Waals surface area contributed by atoms with Crippen molar-refractivity contribution in [1.82, 2.24) is 19.4 Å². The van der Waals surface area contributed by atoms with Gasteiger partial charge in [-0.15, -0.1) is 0 Å². The van der Waals surface area contributed by atoms with E-state index in [4.69, 9.17) is 16.6 Å². The van der Waals surface area contributed by atoms with Crippen LogP contribution < -0.4 is 10.6 Å². The number of fused-ring (bicyclic) bond motifs is 1. The number of carbonyl (C=O) groups excluding carboxylic acids is 1. The fraction of sp³-hybridized carbons (Fsp3) is 0.344. The molecule has 3 aromatic rings. The maximum atomic E-state index is 15.0. The standard InChI is InChI=1S/C32H36ClFN6O2/c1-9-19(5)29(27(35-8)18(3)4)40-31-23(15-24(33)28(36-31)22-13-11-12-14-25(22)34)30(37-32(40)42)39-17-20(6)38(16-21(39)7)26(41)10-2/h9-15,18,20-21H,2,8,16-17H2,1,3-7H3/b19-9-,29-27+/t20-,21+/m1/s1. The summed E-state index contributed by atoms with van der Waals surface area (Å²) in [7, 11) is 0. The van der Waals surface area contributed by atoms with Crippen LogP contribution in [0.5, 0.6) is 0 Å². The van der Waals surface area contributed by atoms with Gasteiger partial charge >= 0.3 is 5.69 Å². The molecule has 0 radical (unpaired) electrons. The Balaban J connectivity index is 2.11. The molecular formula is C32H36ClFN6O2. The second-order valence-corrected chi connectivity index (χ2v) is 11.2. The van der Waals surface area contributed by atoms with E-state index >= 15 is 0 Å². The van der Waals surface area contributed by atoms with Crippen LogP contribution in [0.25, 0.3) is 28.0 Å². The highest BCUT2D eigenvalue weighted by atomic mass is 35.5. The normalized spacial score (nSPS) is 18.4. The summed E-state index contributed by atoms with van der Waals surface area (Å²) in [6, 6.07) is 7.54. The highest BCUT2D eigenvalue weighted by molar-refractivity contribution is 6.34. The average Bonchev–Trinajstić information content (AvgIpc) is 2.96. The lowest BCUT2D eigenvalue weighted by atomic mass is 10.0. The number of allylic oxidation sites excluding steroid dienone is 4. The molecule has 8 nitrogen and oxygen atoms in total. The monoisotopic (exact) mass is 590 g/mol. The number of anilines is 1. The van der Waals surface area contributed by atoms with Gasteiger partial charge in [0.15, 0.2) is 5.65 Å².